The first-order valence-electron chi connectivity index (χ1n) is 8.30. The molecule has 3 aromatic rings. The van der Waals surface area contributed by atoms with Gasteiger partial charge in [0.2, 0.25) is 10.0 Å². The van der Waals surface area contributed by atoms with Gasteiger partial charge in [-0.15, -0.1) is 21.5 Å². The number of anilines is 1. The summed E-state index contributed by atoms with van der Waals surface area (Å²) in [6, 6.07) is 3.44. The van der Waals surface area contributed by atoms with Crippen molar-refractivity contribution in [3.63, 3.8) is 0 Å². The second-order valence-electron chi connectivity index (χ2n) is 5.88. The lowest BCUT2D eigenvalue weighted by molar-refractivity contribution is 0.116. The van der Waals surface area contributed by atoms with Crippen LogP contribution in [0.25, 0.3) is 10.8 Å². The Morgan fingerprint density at radius 2 is 2.07 bits per heavy atom. The Labute approximate surface area is 164 Å². The zero-order valence-corrected chi connectivity index (χ0v) is 16.7. The molecule has 0 saturated carbocycles. The van der Waals surface area contributed by atoms with Crippen LogP contribution < -0.4 is 4.31 Å². The first kappa shape index (κ1) is 20.3. The number of halogens is 2. The molecular weight excluding hydrogens is 412 g/mol. The second-order valence-corrected chi connectivity index (χ2v) is 9.01. The molecule has 0 aromatic carbocycles. The van der Waals surface area contributed by atoms with Crippen LogP contribution in [0.5, 0.6) is 0 Å². The first-order valence-corrected chi connectivity index (χ1v) is 10.7. The topological polar surface area (TPSA) is 102 Å². The molecule has 3 aromatic heterocycles. The molecule has 0 aliphatic heterocycles. The number of hydrogen-bond acceptors (Lipinski definition) is 8. The molecule has 0 amide bonds. The molecule has 0 saturated heterocycles. The summed E-state index contributed by atoms with van der Waals surface area (Å²) in [6.07, 6.45) is 0.510. The van der Waals surface area contributed by atoms with E-state index in [0.29, 0.717) is 22.1 Å². The third kappa shape index (κ3) is 4.50. The summed E-state index contributed by atoms with van der Waals surface area (Å²) in [5.41, 5.74) is 0.868. The number of rotatable bonds is 8. The predicted octanol–water partition coefficient (Wildman–Crippen LogP) is 3.58. The molecule has 0 atom stereocenters. The number of aromatic nitrogens is 4. The second kappa shape index (κ2) is 8.27. The smallest absolute Gasteiger partial charge is 0.314 e. The molecule has 28 heavy (non-hydrogen) atoms. The van der Waals surface area contributed by atoms with Crippen molar-refractivity contribution >= 4 is 27.2 Å². The van der Waals surface area contributed by atoms with E-state index in [1.54, 1.807) is 19.1 Å². The van der Waals surface area contributed by atoms with Gasteiger partial charge in [0.15, 0.2) is 0 Å². The SMILES string of the molecule is CCCS(=O)(=O)N(Cc1ncc(-c2nnc(C(F)F)o2)s1)c1cc(C)ccn1. The first-order chi connectivity index (χ1) is 13.3. The summed E-state index contributed by atoms with van der Waals surface area (Å²) in [4.78, 5) is 8.72. The van der Waals surface area contributed by atoms with E-state index < -0.39 is 22.3 Å². The van der Waals surface area contributed by atoms with E-state index in [1.807, 2.05) is 6.92 Å². The van der Waals surface area contributed by atoms with Crippen molar-refractivity contribution < 1.29 is 21.6 Å². The maximum absolute atomic E-state index is 12.7. The number of hydrogen-bond donors (Lipinski definition) is 0. The van der Waals surface area contributed by atoms with E-state index >= 15 is 0 Å². The van der Waals surface area contributed by atoms with E-state index in [2.05, 4.69) is 20.2 Å². The molecule has 0 bridgehead atoms. The minimum atomic E-state index is -3.62. The Hall–Kier alpha value is -2.47. The van der Waals surface area contributed by atoms with Gasteiger partial charge in [-0.05, 0) is 31.0 Å². The van der Waals surface area contributed by atoms with E-state index in [0.717, 1.165) is 16.9 Å². The van der Waals surface area contributed by atoms with E-state index in [4.69, 9.17) is 4.42 Å². The summed E-state index contributed by atoms with van der Waals surface area (Å²) in [5, 5.41) is 7.30. The van der Waals surface area contributed by atoms with Gasteiger partial charge in [-0.25, -0.2) is 22.7 Å². The quantitative estimate of drug-likeness (QED) is 0.539. The molecule has 0 N–H and O–H groups in total. The van der Waals surface area contributed by atoms with Crippen LogP contribution in [0.15, 0.2) is 28.9 Å². The maximum atomic E-state index is 12.7. The van der Waals surface area contributed by atoms with Crippen molar-refractivity contribution in [2.45, 2.75) is 33.2 Å². The molecular formula is C16H17F2N5O3S2. The van der Waals surface area contributed by atoms with Crippen molar-refractivity contribution in [1.29, 1.82) is 0 Å². The van der Waals surface area contributed by atoms with Crippen LogP contribution >= 0.6 is 11.3 Å². The molecule has 0 radical (unpaired) electrons. The Morgan fingerprint density at radius 1 is 1.29 bits per heavy atom. The van der Waals surface area contributed by atoms with E-state index in [1.165, 1.54) is 16.7 Å². The normalized spacial score (nSPS) is 11.9. The Balaban J connectivity index is 1.90. The highest BCUT2D eigenvalue weighted by molar-refractivity contribution is 7.92. The number of thiazole rings is 1. The standard InChI is InChI=1S/C16H17F2N5O3S2/c1-3-6-28(24,25)23(12-7-10(2)4-5-19-12)9-13-20-8-11(27-13)15-21-22-16(26-15)14(17)18/h4-5,7-8,14H,3,6,9H2,1-2H3. The van der Waals surface area contributed by atoms with Crippen LogP contribution in [-0.2, 0) is 16.6 Å². The van der Waals surface area contributed by atoms with Crippen molar-refractivity contribution in [2.24, 2.45) is 0 Å². The molecule has 0 aliphatic rings. The lowest BCUT2D eigenvalue weighted by Gasteiger charge is -2.22. The van der Waals surface area contributed by atoms with Crippen LogP contribution in [0, 0.1) is 6.92 Å². The van der Waals surface area contributed by atoms with Crippen LogP contribution in [0.2, 0.25) is 0 Å². The average molecular weight is 429 g/mol. The van der Waals surface area contributed by atoms with Gasteiger partial charge in [0.25, 0.3) is 11.8 Å². The van der Waals surface area contributed by atoms with Crippen LogP contribution in [0.1, 0.15) is 36.2 Å². The minimum absolute atomic E-state index is 0.0394. The highest BCUT2D eigenvalue weighted by atomic mass is 32.2. The maximum Gasteiger partial charge on any atom is 0.314 e. The van der Waals surface area contributed by atoms with Crippen molar-refractivity contribution in [3.8, 4) is 10.8 Å². The molecule has 0 aliphatic carbocycles. The molecule has 12 heteroatoms. The molecule has 0 fully saturated rings. The summed E-state index contributed by atoms with van der Waals surface area (Å²) in [6.45, 7) is 3.57. The summed E-state index contributed by atoms with van der Waals surface area (Å²) >= 11 is 1.09. The third-order valence-corrected chi connectivity index (χ3v) is 6.51. The zero-order chi connectivity index (χ0) is 20.3. The van der Waals surface area contributed by atoms with Gasteiger partial charge in [0, 0.05) is 6.20 Å². The Morgan fingerprint density at radius 3 is 2.71 bits per heavy atom. The summed E-state index contributed by atoms with van der Waals surface area (Å²) in [5.74, 6) is -0.609. The molecule has 3 rings (SSSR count). The largest absolute Gasteiger partial charge is 0.414 e. The van der Waals surface area contributed by atoms with E-state index in [9.17, 15) is 17.2 Å². The number of nitrogens with zero attached hydrogens (tertiary/aromatic N) is 5. The van der Waals surface area contributed by atoms with Gasteiger partial charge in [-0.1, -0.05) is 6.92 Å². The molecule has 3 heterocycles. The third-order valence-electron chi connectivity index (χ3n) is 3.62. The lowest BCUT2D eigenvalue weighted by Crippen LogP contribution is -2.33. The fourth-order valence-corrected chi connectivity index (χ4v) is 4.72. The molecule has 150 valence electrons. The summed E-state index contributed by atoms with van der Waals surface area (Å²) in [7, 11) is -3.62. The van der Waals surface area contributed by atoms with Crippen molar-refractivity contribution in [1.82, 2.24) is 20.2 Å². The lowest BCUT2D eigenvalue weighted by atomic mass is 10.3. The van der Waals surface area contributed by atoms with Gasteiger partial charge < -0.3 is 4.42 Å². The zero-order valence-electron chi connectivity index (χ0n) is 15.0. The van der Waals surface area contributed by atoms with Gasteiger partial charge in [0.1, 0.15) is 15.7 Å². The predicted molar refractivity (Wildman–Crippen MR) is 99.6 cm³/mol. The van der Waals surface area contributed by atoms with Crippen LogP contribution in [0.3, 0.4) is 0 Å². The van der Waals surface area contributed by atoms with E-state index in [-0.39, 0.29) is 18.2 Å². The van der Waals surface area contributed by atoms with Crippen LogP contribution in [0.4, 0.5) is 14.6 Å². The fourth-order valence-electron chi connectivity index (χ4n) is 2.37. The van der Waals surface area contributed by atoms with Gasteiger partial charge >= 0.3 is 6.43 Å². The number of sulfonamides is 1. The molecule has 0 spiro atoms. The Kier molecular flexibility index (Phi) is 5.98. The highest BCUT2D eigenvalue weighted by Gasteiger charge is 2.25. The number of pyridine rings is 1. The fraction of sp³-hybridized carbons (Fsp3) is 0.375. The average Bonchev–Trinajstić information content (AvgIpc) is 3.29. The molecule has 8 nitrogen and oxygen atoms in total. The van der Waals surface area contributed by atoms with Gasteiger partial charge in [-0.3, -0.25) is 0 Å². The highest BCUT2D eigenvalue weighted by Crippen LogP contribution is 2.29. The van der Waals surface area contributed by atoms with Gasteiger partial charge in [0.05, 0.1) is 18.5 Å². The van der Waals surface area contributed by atoms with Crippen molar-refractivity contribution in [2.75, 3.05) is 10.1 Å². The Bertz CT molecular complexity index is 1050. The van der Waals surface area contributed by atoms with Gasteiger partial charge in [-0.2, -0.15) is 8.78 Å². The minimum Gasteiger partial charge on any atom is -0.414 e. The van der Waals surface area contributed by atoms with Crippen molar-refractivity contribution in [3.05, 3.63) is 41.0 Å². The van der Waals surface area contributed by atoms with Crippen LogP contribution in [-0.4, -0.2) is 34.3 Å². The molecule has 0 unspecified atom stereocenters. The summed E-state index contributed by atoms with van der Waals surface area (Å²) < 4.78 is 56.8. The monoisotopic (exact) mass is 429 g/mol. The number of aryl methyl sites for hydroxylation is 1. The number of alkyl halides is 2.